The third-order valence-corrected chi connectivity index (χ3v) is 10.4. The molecule has 0 bridgehead atoms. The molecule has 0 aliphatic heterocycles. The SMILES string of the molecule is COC(=O)CCC(C)C1CCC2C3/C(=N/O)CC4C/C(=N\O)CCC4(C)C3C/C(=N\O)C12C. The van der Waals surface area contributed by atoms with E-state index in [2.05, 4.69) is 36.2 Å². The van der Waals surface area contributed by atoms with Crippen molar-refractivity contribution in [2.75, 3.05) is 7.11 Å². The topological polar surface area (TPSA) is 124 Å². The molecule has 0 saturated heterocycles. The fourth-order valence-electron chi connectivity index (χ4n) is 8.45. The van der Waals surface area contributed by atoms with E-state index in [9.17, 15) is 20.4 Å². The Morgan fingerprint density at radius 3 is 2.48 bits per heavy atom. The smallest absolute Gasteiger partial charge is 0.305 e. The van der Waals surface area contributed by atoms with Crippen molar-refractivity contribution < 1.29 is 25.2 Å². The molecule has 4 saturated carbocycles. The van der Waals surface area contributed by atoms with Crippen molar-refractivity contribution in [3.63, 3.8) is 0 Å². The van der Waals surface area contributed by atoms with Crippen molar-refractivity contribution in [2.45, 2.75) is 78.6 Å². The van der Waals surface area contributed by atoms with E-state index in [0.29, 0.717) is 25.2 Å². The highest BCUT2D eigenvalue weighted by Crippen LogP contribution is 2.66. The molecule has 0 aromatic heterocycles. The molecule has 4 rings (SSSR count). The van der Waals surface area contributed by atoms with E-state index in [1.54, 1.807) is 0 Å². The van der Waals surface area contributed by atoms with Crippen molar-refractivity contribution in [2.24, 2.45) is 61.8 Å². The summed E-state index contributed by atoms with van der Waals surface area (Å²) in [5.41, 5.74) is 2.26. The summed E-state index contributed by atoms with van der Waals surface area (Å²) < 4.78 is 4.84. The van der Waals surface area contributed by atoms with Gasteiger partial charge in [-0.2, -0.15) is 0 Å². The Morgan fingerprint density at radius 2 is 1.85 bits per heavy atom. The maximum absolute atomic E-state index is 11.7. The van der Waals surface area contributed by atoms with E-state index >= 15 is 0 Å². The second-order valence-electron chi connectivity index (χ2n) is 11.4. The molecule has 0 aromatic carbocycles. The van der Waals surface area contributed by atoms with E-state index in [-0.39, 0.29) is 46.4 Å². The second-order valence-corrected chi connectivity index (χ2v) is 11.4. The number of carbonyl (C=O) groups excluding carboxylic acids is 1. The van der Waals surface area contributed by atoms with Crippen LogP contribution in [-0.2, 0) is 9.53 Å². The maximum Gasteiger partial charge on any atom is 0.305 e. The van der Waals surface area contributed by atoms with Crippen molar-refractivity contribution in [1.82, 2.24) is 0 Å². The Bertz CT molecular complexity index is 870. The Balaban J connectivity index is 1.67. The number of methoxy groups -OCH3 is 1. The predicted molar refractivity (Wildman–Crippen MR) is 124 cm³/mol. The molecule has 8 nitrogen and oxygen atoms in total. The van der Waals surface area contributed by atoms with Crippen LogP contribution in [0.25, 0.3) is 0 Å². The average Bonchev–Trinajstić information content (AvgIpc) is 3.18. The molecule has 33 heavy (non-hydrogen) atoms. The van der Waals surface area contributed by atoms with Crippen LogP contribution in [0, 0.1) is 46.3 Å². The zero-order chi connectivity index (χ0) is 24.0. The monoisotopic (exact) mass is 461 g/mol. The first-order valence-corrected chi connectivity index (χ1v) is 12.4. The van der Waals surface area contributed by atoms with Crippen LogP contribution >= 0.6 is 0 Å². The highest BCUT2D eigenvalue weighted by molar-refractivity contribution is 5.97. The average molecular weight is 462 g/mol. The highest BCUT2D eigenvalue weighted by Gasteiger charge is 2.65. The van der Waals surface area contributed by atoms with Gasteiger partial charge in [0, 0.05) is 17.8 Å². The zero-order valence-corrected chi connectivity index (χ0v) is 20.3. The summed E-state index contributed by atoms with van der Waals surface area (Å²) in [6.07, 6.45) is 6.97. The van der Waals surface area contributed by atoms with Gasteiger partial charge in [0.25, 0.3) is 0 Å². The van der Waals surface area contributed by atoms with Crippen LogP contribution in [0.2, 0.25) is 0 Å². The van der Waals surface area contributed by atoms with Crippen LogP contribution in [0.3, 0.4) is 0 Å². The summed E-state index contributed by atoms with van der Waals surface area (Å²) in [6.45, 7) is 6.76. The number of fused-ring (bicyclic) bond motifs is 5. The third kappa shape index (κ3) is 3.64. The Morgan fingerprint density at radius 1 is 1.09 bits per heavy atom. The van der Waals surface area contributed by atoms with Gasteiger partial charge >= 0.3 is 5.97 Å². The molecule has 8 heteroatoms. The Labute approximate surface area is 196 Å². The lowest BCUT2D eigenvalue weighted by Gasteiger charge is -2.60. The summed E-state index contributed by atoms with van der Waals surface area (Å²) in [5, 5.41) is 40.9. The van der Waals surface area contributed by atoms with Gasteiger partial charge in [0.15, 0.2) is 0 Å². The van der Waals surface area contributed by atoms with Crippen LogP contribution in [0.15, 0.2) is 15.5 Å². The number of carbonyl (C=O) groups is 1. The minimum Gasteiger partial charge on any atom is -0.469 e. The minimum atomic E-state index is -0.295. The van der Waals surface area contributed by atoms with Crippen LogP contribution in [0.5, 0.6) is 0 Å². The summed E-state index contributed by atoms with van der Waals surface area (Å²) in [5.74, 6) is 1.27. The fraction of sp³-hybridized carbons (Fsp3) is 0.840. The lowest BCUT2D eigenvalue weighted by atomic mass is 9.43. The first-order chi connectivity index (χ1) is 15.7. The van der Waals surface area contributed by atoms with Gasteiger partial charge < -0.3 is 20.4 Å². The largest absolute Gasteiger partial charge is 0.469 e. The first-order valence-electron chi connectivity index (χ1n) is 12.4. The predicted octanol–water partition coefficient (Wildman–Crippen LogP) is 4.95. The molecular weight excluding hydrogens is 422 g/mol. The number of hydrogen-bond acceptors (Lipinski definition) is 8. The van der Waals surface area contributed by atoms with E-state index in [1.807, 2.05) is 0 Å². The highest BCUT2D eigenvalue weighted by atomic mass is 16.5. The standard InChI is InChI=1S/C25H39N3O5/c1-14(5-8-22(29)33-4)17-6-7-18-23-19(13-21(28-32)25(17,18)3)24(2)10-9-16(26-30)11-15(24)12-20(23)27-31/h14-15,17-19,23,30-32H,5-13H2,1-4H3/b26-16-,27-20+,28-21+. The fourth-order valence-corrected chi connectivity index (χ4v) is 8.45. The molecule has 0 heterocycles. The molecule has 8 unspecified atom stereocenters. The van der Waals surface area contributed by atoms with Gasteiger partial charge in [0.1, 0.15) is 0 Å². The lowest BCUT2D eigenvalue weighted by molar-refractivity contribution is -0.141. The molecule has 0 aromatic rings. The first kappa shape index (κ1) is 24.0. The van der Waals surface area contributed by atoms with Crippen LogP contribution in [0.4, 0.5) is 0 Å². The number of hydrogen-bond donors (Lipinski definition) is 3. The number of rotatable bonds is 4. The summed E-state index contributed by atoms with van der Waals surface area (Å²) in [6, 6.07) is 0. The summed E-state index contributed by atoms with van der Waals surface area (Å²) in [4.78, 5) is 11.7. The maximum atomic E-state index is 11.7. The summed E-state index contributed by atoms with van der Waals surface area (Å²) in [7, 11) is 1.42. The van der Waals surface area contributed by atoms with Gasteiger partial charge in [-0.3, -0.25) is 4.79 Å². The van der Waals surface area contributed by atoms with Gasteiger partial charge in [-0.25, -0.2) is 0 Å². The van der Waals surface area contributed by atoms with Crippen molar-refractivity contribution >= 4 is 23.1 Å². The van der Waals surface area contributed by atoms with E-state index in [4.69, 9.17) is 4.74 Å². The van der Waals surface area contributed by atoms with Gasteiger partial charge in [0.05, 0.1) is 24.2 Å². The number of ether oxygens (including phenoxy) is 1. The number of nitrogens with zero attached hydrogens (tertiary/aromatic N) is 3. The van der Waals surface area contributed by atoms with E-state index in [1.165, 1.54) is 7.11 Å². The molecule has 0 spiro atoms. The Hall–Kier alpha value is -2.12. The second kappa shape index (κ2) is 8.91. The third-order valence-electron chi connectivity index (χ3n) is 10.4. The van der Waals surface area contributed by atoms with Gasteiger partial charge in [-0.1, -0.05) is 36.2 Å². The van der Waals surface area contributed by atoms with Gasteiger partial charge in [-0.15, -0.1) is 0 Å². The molecule has 3 N–H and O–H groups in total. The van der Waals surface area contributed by atoms with Gasteiger partial charge in [-0.05, 0) is 86.4 Å². The van der Waals surface area contributed by atoms with Crippen LogP contribution in [0.1, 0.15) is 78.6 Å². The zero-order valence-electron chi connectivity index (χ0n) is 20.3. The molecule has 4 aliphatic rings. The Kier molecular flexibility index (Phi) is 6.49. The lowest BCUT2D eigenvalue weighted by Crippen LogP contribution is -2.60. The molecule has 184 valence electrons. The normalized spacial score (nSPS) is 44.8. The van der Waals surface area contributed by atoms with Gasteiger partial charge in [0.2, 0.25) is 0 Å². The van der Waals surface area contributed by atoms with E-state index < -0.39 is 0 Å². The molecule has 8 atom stereocenters. The van der Waals surface area contributed by atoms with Crippen LogP contribution in [-0.4, -0.2) is 45.8 Å². The molecule has 0 amide bonds. The molecular formula is C25H39N3O5. The van der Waals surface area contributed by atoms with E-state index in [0.717, 1.165) is 55.7 Å². The van der Waals surface area contributed by atoms with Crippen molar-refractivity contribution in [3.05, 3.63) is 0 Å². The van der Waals surface area contributed by atoms with Crippen LogP contribution < -0.4 is 0 Å². The molecule has 0 radical (unpaired) electrons. The number of esters is 1. The summed E-state index contributed by atoms with van der Waals surface area (Å²) >= 11 is 0. The molecule has 4 aliphatic carbocycles. The van der Waals surface area contributed by atoms with Crippen molar-refractivity contribution in [3.8, 4) is 0 Å². The molecule has 4 fully saturated rings. The quantitative estimate of drug-likeness (QED) is 0.311. The minimum absolute atomic E-state index is 0.0128. The van der Waals surface area contributed by atoms with Crippen molar-refractivity contribution in [1.29, 1.82) is 0 Å². The number of oxime groups is 3.